The van der Waals surface area contributed by atoms with Crippen molar-refractivity contribution in [1.82, 2.24) is 14.6 Å². The van der Waals surface area contributed by atoms with Gasteiger partial charge >= 0.3 is 5.97 Å². The molecule has 0 spiro atoms. The van der Waals surface area contributed by atoms with Crippen molar-refractivity contribution in [3.63, 3.8) is 0 Å². The van der Waals surface area contributed by atoms with E-state index in [4.69, 9.17) is 4.74 Å². The van der Waals surface area contributed by atoms with Crippen molar-refractivity contribution in [3.8, 4) is 0 Å². The summed E-state index contributed by atoms with van der Waals surface area (Å²) < 4.78 is 33.5. The van der Waals surface area contributed by atoms with Gasteiger partial charge in [0.05, 0.1) is 5.75 Å². The highest BCUT2D eigenvalue weighted by atomic mass is 32.2. The van der Waals surface area contributed by atoms with Crippen LogP contribution in [0.15, 0.2) is 85.2 Å². The van der Waals surface area contributed by atoms with E-state index in [0.717, 1.165) is 11.1 Å². The van der Waals surface area contributed by atoms with Crippen LogP contribution < -0.4 is 5.32 Å². The van der Waals surface area contributed by atoms with E-state index in [0.29, 0.717) is 24.8 Å². The van der Waals surface area contributed by atoms with Crippen molar-refractivity contribution in [2.75, 3.05) is 6.54 Å². The van der Waals surface area contributed by atoms with Crippen molar-refractivity contribution < 1.29 is 22.7 Å². The van der Waals surface area contributed by atoms with Gasteiger partial charge in [-0.25, -0.2) is 8.42 Å². The third kappa shape index (κ3) is 7.47. The van der Waals surface area contributed by atoms with Gasteiger partial charge in [0.15, 0.2) is 6.10 Å². The molecule has 2 aromatic carbocycles. The first-order valence-electron chi connectivity index (χ1n) is 12.4. The molecule has 1 saturated heterocycles. The molecule has 9 heteroatoms. The minimum absolute atomic E-state index is 0.176. The fraction of sp³-hybridized carbons (Fsp3) is 0.321. The third-order valence-corrected chi connectivity index (χ3v) is 8.13. The summed E-state index contributed by atoms with van der Waals surface area (Å²) in [5, 5.41) is 2.81. The zero-order valence-corrected chi connectivity index (χ0v) is 21.3. The van der Waals surface area contributed by atoms with Gasteiger partial charge in [0.1, 0.15) is 6.04 Å². The Bertz CT molecular complexity index is 1270. The molecule has 194 valence electrons. The molecule has 0 saturated carbocycles. The molecular formula is C28H31N3O5S. The fourth-order valence-electron chi connectivity index (χ4n) is 4.38. The molecule has 2 atom stereocenters. The zero-order chi connectivity index (χ0) is 26.1. The van der Waals surface area contributed by atoms with Gasteiger partial charge in [-0.3, -0.25) is 14.6 Å². The Morgan fingerprint density at radius 2 is 1.62 bits per heavy atom. The van der Waals surface area contributed by atoms with Gasteiger partial charge in [0, 0.05) is 31.9 Å². The number of esters is 1. The van der Waals surface area contributed by atoms with Crippen LogP contribution in [0.25, 0.3) is 0 Å². The van der Waals surface area contributed by atoms with Gasteiger partial charge < -0.3 is 10.1 Å². The number of aromatic nitrogens is 1. The molecule has 1 amide bonds. The van der Waals surface area contributed by atoms with Crippen molar-refractivity contribution in [3.05, 3.63) is 102 Å². The van der Waals surface area contributed by atoms with Gasteiger partial charge in [-0.15, -0.1) is 0 Å². The van der Waals surface area contributed by atoms with Crippen LogP contribution in [0, 0.1) is 0 Å². The van der Waals surface area contributed by atoms with Crippen LogP contribution in [0.1, 0.15) is 36.0 Å². The minimum Gasteiger partial charge on any atom is -0.451 e. The average Bonchev–Trinajstić information content (AvgIpc) is 2.93. The van der Waals surface area contributed by atoms with Gasteiger partial charge in [0.25, 0.3) is 5.91 Å². The maximum atomic E-state index is 13.4. The molecule has 0 radical (unpaired) electrons. The molecule has 0 bridgehead atoms. The monoisotopic (exact) mass is 521 g/mol. The van der Waals surface area contributed by atoms with E-state index in [1.807, 2.05) is 42.5 Å². The summed E-state index contributed by atoms with van der Waals surface area (Å²) in [4.78, 5) is 30.5. The van der Waals surface area contributed by atoms with E-state index in [9.17, 15) is 18.0 Å². The summed E-state index contributed by atoms with van der Waals surface area (Å²) in [6.07, 6.45) is 4.08. The summed E-state index contributed by atoms with van der Waals surface area (Å²) in [6.45, 7) is 0.474. The second-order valence-corrected chi connectivity index (χ2v) is 11.0. The summed E-state index contributed by atoms with van der Waals surface area (Å²) >= 11 is 0. The van der Waals surface area contributed by atoms with Gasteiger partial charge in [0.2, 0.25) is 10.0 Å². The van der Waals surface area contributed by atoms with Crippen molar-refractivity contribution in [2.45, 2.75) is 50.1 Å². The van der Waals surface area contributed by atoms with E-state index in [1.165, 1.54) is 4.31 Å². The third-order valence-electron chi connectivity index (χ3n) is 6.28. The topological polar surface area (TPSA) is 106 Å². The number of nitrogens with zero attached hydrogens (tertiary/aromatic N) is 2. The molecule has 1 N–H and O–H groups in total. The van der Waals surface area contributed by atoms with E-state index < -0.39 is 34.0 Å². The number of piperidine rings is 1. The van der Waals surface area contributed by atoms with Crippen LogP contribution in [0.4, 0.5) is 0 Å². The lowest BCUT2D eigenvalue weighted by atomic mass is 10.0. The smallest absolute Gasteiger partial charge is 0.325 e. The van der Waals surface area contributed by atoms with Crippen molar-refractivity contribution in [1.29, 1.82) is 0 Å². The Kier molecular flexibility index (Phi) is 9.03. The summed E-state index contributed by atoms with van der Waals surface area (Å²) in [6, 6.07) is 20.8. The summed E-state index contributed by atoms with van der Waals surface area (Å²) in [5.74, 6) is -1.35. The standard InChI is InChI=1S/C28H31N3O5S/c32-27(30-20-24-14-9-16-29-19-24)26(18-22-10-3-1-4-11-22)36-28(33)25-15-7-8-17-31(25)37(34,35)21-23-12-5-2-6-13-23/h1-6,9-14,16,19,25-26H,7-8,15,17-18,20-21H2,(H,30,32). The van der Waals surface area contributed by atoms with Crippen molar-refractivity contribution in [2.24, 2.45) is 0 Å². The first-order chi connectivity index (χ1) is 17.9. The number of pyridine rings is 1. The van der Waals surface area contributed by atoms with E-state index >= 15 is 0 Å². The number of sulfonamides is 1. The number of nitrogens with one attached hydrogen (secondary N) is 1. The lowest BCUT2D eigenvalue weighted by molar-refractivity contribution is -0.160. The average molecular weight is 522 g/mol. The number of amides is 1. The van der Waals surface area contributed by atoms with E-state index in [2.05, 4.69) is 10.3 Å². The predicted molar refractivity (Wildman–Crippen MR) is 140 cm³/mol. The number of carbonyl (C=O) groups is 2. The highest BCUT2D eigenvalue weighted by molar-refractivity contribution is 7.88. The molecule has 0 aliphatic carbocycles. The summed E-state index contributed by atoms with van der Waals surface area (Å²) in [7, 11) is -3.77. The molecule has 2 unspecified atom stereocenters. The highest BCUT2D eigenvalue weighted by Crippen LogP contribution is 2.25. The van der Waals surface area contributed by atoms with Crippen LogP contribution >= 0.6 is 0 Å². The van der Waals surface area contributed by atoms with E-state index in [1.54, 1.807) is 42.7 Å². The van der Waals surface area contributed by atoms with Crippen LogP contribution in [-0.4, -0.2) is 48.3 Å². The minimum atomic E-state index is -3.77. The van der Waals surface area contributed by atoms with Gasteiger partial charge in [-0.2, -0.15) is 4.31 Å². The molecule has 8 nitrogen and oxygen atoms in total. The molecule has 1 fully saturated rings. The van der Waals surface area contributed by atoms with Crippen LogP contribution in [-0.2, 0) is 43.1 Å². The number of rotatable bonds is 10. The largest absolute Gasteiger partial charge is 0.451 e. The molecule has 2 heterocycles. The maximum Gasteiger partial charge on any atom is 0.325 e. The second-order valence-electron chi connectivity index (χ2n) is 9.06. The quantitative estimate of drug-likeness (QED) is 0.411. The van der Waals surface area contributed by atoms with Crippen LogP contribution in [0.2, 0.25) is 0 Å². The Morgan fingerprint density at radius 1 is 0.946 bits per heavy atom. The second kappa shape index (κ2) is 12.6. The predicted octanol–water partition coefficient (Wildman–Crippen LogP) is 3.24. The number of carbonyl (C=O) groups excluding carboxylic acids is 2. The maximum absolute atomic E-state index is 13.4. The Labute approximate surface area is 217 Å². The zero-order valence-electron chi connectivity index (χ0n) is 20.5. The molecule has 1 aromatic heterocycles. The Morgan fingerprint density at radius 3 is 2.30 bits per heavy atom. The lowest BCUT2D eigenvalue weighted by Gasteiger charge is -2.34. The SMILES string of the molecule is O=C(NCc1cccnc1)C(Cc1ccccc1)OC(=O)C1CCCCN1S(=O)(=O)Cc1ccccc1. The molecule has 1 aliphatic rings. The molecule has 1 aliphatic heterocycles. The Hall–Kier alpha value is -3.56. The molecule has 3 aromatic rings. The Balaban J connectivity index is 1.49. The van der Waals surface area contributed by atoms with Crippen LogP contribution in [0.5, 0.6) is 0 Å². The summed E-state index contributed by atoms with van der Waals surface area (Å²) in [5.41, 5.74) is 2.29. The fourth-order valence-corrected chi connectivity index (χ4v) is 6.15. The molecule has 4 rings (SSSR count). The lowest BCUT2D eigenvalue weighted by Crippen LogP contribution is -2.51. The molecular weight excluding hydrogens is 490 g/mol. The number of hydrogen-bond donors (Lipinski definition) is 1. The first-order valence-corrected chi connectivity index (χ1v) is 14.0. The number of hydrogen-bond acceptors (Lipinski definition) is 6. The normalized spacial score (nSPS) is 17.0. The number of benzene rings is 2. The van der Waals surface area contributed by atoms with Crippen molar-refractivity contribution >= 4 is 21.9 Å². The molecule has 37 heavy (non-hydrogen) atoms. The van der Waals surface area contributed by atoms with Crippen LogP contribution in [0.3, 0.4) is 0 Å². The van der Waals surface area contributed by atoms with E-state index in [-0.39, 0.29) is 25.3 Å². The van der Waals surface area contributed by atoms with Gasteiger partial charge in [-0.05, 0) is 42.0 Å². The first kappa shape index (κ1) is 26.5. The van der Waals surface area contributed by atoms with Gasteiger partial charge in [-0.1, -0.05) is 66.7 Å². The number of ether oxygens (including phenoxy) is 1. The highest BCUT2D eigenvalue weighted by Gasteiger charge is 2.39.